The fourth-order valence-corrected chi connectivity index (χ4v) is 1.58. The highest BCUT2D eigenvalue weighted by Crippen LogP contribution is 2.06. The first-order valence-corrected chi connectivity index (χ1v) is 5.41. The number of unbranched alkanes of at least 4 members (excludes halogenated alkanes) is 1. The van der Waals surface area contributed by atoms with Crippen LogP contribution in [0.25, 0.3) is 0 Å². The summed E-state index contributed by atoms with van der Waals surface area (Å²) in [6.45, 7) is 5.84. The number of nitrogens with two attached hydrogens (primary N) is 1. The van der Waals surface area contributed by atoms with Crippen molar-refractivity contribution in [2.24, 2.45) is 5.73 Å². The van der Waals surface area contributed by atoms with Gasteiger partial charge in [0.2, 0.25) is 0 Å². The van der Waals surface area contributed by atoms with Gasteiger partial charge in [0.05, 0.1) is 0 Å². The largest absolute Gasteiger partial charge is 0.327 e. The van der Waals surface area contributed by atoms with Crippen LogP contribution in [0, 0.1) is 0 Å². The molecule has 1 nitrogen and oxygen atoms in total. The highest BCUT2D eigenvalue weighted by Gasteiger charge is 1.99. The monoisotopic (exact) mass is 173 g/mol. The molecule has 0 aliphatic carbocycles. The lowest BCUT2D eigenvalue weighted by atomic mass is 10.1. The van der Waals surface area contributed by atoms with Gasteiger partial charge >= 0.3 is 0 Å². The average Bonchev–Trinajstić information content (AvgIpc) is 2.01. The van der Waals surface area contributed by atoms with Gasteiger partial charge < -0.3 is 5.73 Å². The second-order valence-electron chi connectivity index (χ2n) is 2.64. The molecule has 0 spiro atoms. The summed E-state index contributed by atoms with van der Waals surface area (Å²) in [5.41, 5.74) is 5.85. The highest BCUT2D eigenvalue weighted by atomic mass is 32.2. The van der Waals surface area contributed by atoms with Gasteiger partial charge in [-0.1, -0.05) is 13.0 Å². The summed E-state index contributed by atoms with van der Waals surface area (Å²) < 4.78 is 0. The van der Waals surface area contributed by atoms with Crippen molar-refractivity contribution >= 4 is 11.8 Å². The Balaban J connectivity index is 3.08. The number of rotatable bonds is 7. The Labute approximate surface area is 74.4 Å². The molecule has 0 saturated heterocycles. The smallest absolute Gasteiger partial charge is 0.0130 e. The van der Waals surface area contributed by atoms with Crippen LogP contribution in [-0.2, 0) is 0 Å². The molecule has 0 rings (SSSR count). The first-order valence-electron chi connectivity index (χ1n) is 4.25. The van der Waals surface area contributed by atoms with Gasteiger partial charge in [0.15, 0.2) is 0 Å². The minimum absolute atomic E-state index is 0.389. The van der Waals surface area contributed by atoms with Crippen LogP contribution in [0.2, 0.25) is 0 Å². The molecule has 0 heterocycles. The second-order valence-corrected chi connectivity index (χ2v) is 3.96. The van der Waals surface area contributed by atoms with E-state index < -0.39 is 0 Å². The summed E-state index contributed by atoms with van der Waals surface area (Å²) in [5, 5.41) is 0. The molecule has 2 N–H and O–H groups in total. The van der Waals surface area contributed by atoms with Gasteiger partial charge in [-0.05, 0) is 25.0 Å². The Morgan fingerprint density at radius 3 is 2.91 bits per heavy atom. The fraction of sp³-hybridized carbons (Fsp3) is 0.778. The minimum Gasteiger partial charge on any atom is -0.327 e. The molecule has 0 fully saturated rings. The summed E-state index contributed by atoms with van der Waals surface area (Å²) in [7, 11) is 0. The molecule has 0 aliphatic heterocycles. The lowest BCUT2D eigenvalue weighted by Gasteiger charge is -2.08. The summed E-state index contributed by atoms with van der Waals surface area (Å²) >= 11 is 1.92. The Bertz CT molecular complexity index is 93.6. The van der Waals surface area contributed by atoms with Crippen molar-refractivity contribution in [3.05, 3.63) is 12.7 Å². The van der Waals surface area contributed by atoms with Crippen molar-refractivity contribution in [3.63, 3.8) is 0 Å². The van der Waals surface area contributed by atoms with E-state index in [9.17, 15) is 0 Å². The van der Waals surface area contributed by atoms with Crippen LogP contribution in [0.5, 0.6) is 0 Å². The van der Waals surface area contributed by atoms with Crippen LogP contribution in [0.3, 0.4) is 0 Å². The number of thioether (sulfide) groups is 1. The van der Waals surface area contributed by atoms with Gasteiger partial charge in [-0.2, -0.15) is 11.8 Å². The predicted molar refractivity (Wildman–Crippen MR) is 55.0 cm³/mol. The van der Waals surface area contributed by atoms with Crippen molar-refractivity contribution in [1.82, 2.24) is 0 Å². The van der Waals surface area contributed by atoms with E-state index in [-0.39, 0.29) is 0 Å². The van der Waals surface area contributed by atoms with E-state index in [0.29, 0.717) is 6.04 Å². The molecule has 2 heteroatoms. The Hall–Kier alpha value is 0.0500. The zero-order chi connectivity index (χ0) is 8.53. The summed E-state index contributed by atoms with van der Waals surface area (Å²) in [6, 6.07) is 0.389. The van der Waals surface area contributed by atoms with Gasteiger partial charge in [0, 0.05) is 11.8 Å². The normalized spacial score (nSPS) is 12.9. The zero-order valence-corrected chi connectivity index (χ0v) is 8.20. The van der Waals surface area contributed by atoms with Crippen molar-refractivity contribution in [2.45, 2.75) is 32.2 Å². The third-order valence-corrected chi connectivity index (χ3v) is 2.59. The van der Waals surface area contributed by atoms with Gasteiger partial charge in [-0.25, -0.2) is 0 Å². The summed E-state index contributed by atoms with van der Waals surface area (Å²) in [4.78, 5) is 0. The minimum atomic E-state index is 0.389. The molecular formula is C9H19NS. The van der Waals surface area contributed by atoms with Crippen molar-refractivity contribution < 1.29 is 0 Å². The molecule has 0 amide bonds. The molecule has 11 heavy (non-hydrogen) atoms. The molecular weight excluding hydrogens is 154 g/mol. The SMILES string of the molecule is C=CCCCC(N)CSCC. The number of hydrogen-bond donors (Lipinski definition) is 1. The van der Waals surface area contributed by atoms with Crippen LogP contribution in [0.4, 0.5) is 0 Å². The maximum Gasteiger partial charge on any atom is 0.0130 e. The maximum absolute atomic E-state index is 5.85. The molecule has 0 bridgehead atoms. The van der Waals surface area contributed by atoms with Crippen LogP contribution >= 0.6 is 11.8 Å². The van der Waals surface area contributed by atoms with E-state index in [1.54, 1.807) is 0 Å². The molecule has 0 radical (unpaired) electrons. The quantitative estimate of drug-likeness (QED) is 0.472. The second kappa shape index (κ2) is 8.15. The van der Waals surface area contributed by atoms with E-state index in [0.717, 1.165) is 18.6 Å². The Kier molecular flexibility index (Phi) is 8.19. The summed E-state index contributed by atoms with van der Waals surface area (Å²) in [6.07, 6.45) is 5.39. The maximum atomic E-state index is 5.85. The van der Waals surface area contributed by atoms with Gasteiger partial charge in [-0.3, -0.25) is 0 Å². The van der Waals surface area contributed by atoms with Crippen LogP contribution in [-0.4, -0.2) is 17.5 Å². The third-order valence-electron chi connectivity index (χ3n) is 1.52. The van der Waals surface area contributed by atoms with E-state index in [1.165, 1.54) is 12.2 Å². The van der Waals surface area contributed by atoms with Crippen LogP contribution in [0.15, 0.2) is 12.7 Å². The fourth-order valence-electron chi connectivity index (χ4n) is 0.877. The van der Waals surface area contributed by atoms with Gasteiger partial charge in [0.25, 0.3) is 0 Å². The molecule has 0 aliphatic rings. The predicted octanol–water partition coefficient (Wildman–Crippen LogP) is 2.42. The first-order chi connectivity index (χ1) is 5.31. The van der Waals surface area contributed by atoms with Crippen molar-refractivity contribution in [2.75, 3.05) is 11.5 Å². The zero-order valence-electron chi connectivity index (χ0n) is 7.38. The van der Waals surface area contributed by atoms with Gasteiger partial charge in [0.1, 0.15) is 0 Å². The van der Waals surface area contributed by atoms with Gasteiger partial charge in [-0.15, -0.1) is 6.58 Å². The van der Waals surface area contributed by atoms with Crippen molar-refractivity contribution in [3.8, 4) is 0 Å². The lowest BCUT2D eigenvalue weighted by Crippen LogP contribution is -2.22. The lowest BCUT2D eigenvalue weighted by molar-refractivity contribution is 0.637. The van der Waals surface area contributed by atoms with E-state index >= 15 is 0 Å². The summed E-state index contributed by atoms with van der Waals surface area (Å²) in [5.74, 6) is 2.28. The third kappa shape index (κ3) is 7.95. The number of hydrogen-bond acceptors (Lipinski definition) is 2. The Morgan fingerprint density at radius 1 is 1.64 bits per heavy atom. The average molecular weight is 173 g/mol. The molecule has 0 aromatic carbocycles. The topological polar surface area (TPSA) is 26.0 Å². The van der Waals surface area contributed by atoms with Crippen molar-refractivity contribution in [1.29, 1.82) is 0 Å². The van der Waals surface area contributed by atoms with Crippen LogP contribution < -0.4 is 5.73 Å². The van der Waals surface area contributed by atoms with E-state index in [4.69, 9.17) is 5.73 Å². The molecule has 0 saturated carbocycles. The number of allylic oxidation sites excluding steroid dienone is 1. The molecule has 1 unspecified atom stereocenters. The molecule has 1 atom stereocenters. The van der Waals surface area contributed by atoms with Crippen LogP contribution in [0.1, 0.15) is 26.2 Å². The van der Waals surface area contributed by atoms with E-state index in [1.807, 2.05) is 17.8 Å². The molecule has 0 aromatic rings. The first kappa shape index (κ1) is 11.1. The van der Waals surface area contributed by atoms with E-state index in [2.05, 4.69) is 13.5 Å². The standard InChI is InChI=1S/C9H19NS/c1-3-5-6-7-9(10)8-11-4-2/h3,9H,1,4-8,10H2,2H3. The highest BCUT2D eigenvalue weighted by molar-refractivity contribution is 7.99. The molecule has 66 valence electrons. The molecule has 0 aromatic heterocycles. The Morgan fingerprint density at radius 2 is 2.36 bits per heavy atom.